The van der Waals surface area contributed by atoms with Gasteiger partial charge in [0.25, 0.3) is 0 Å². The Bertz CT molecular complexity index is 778. The van der Waals surface area contributed by atoms with E-state index in [-0.39, 0.29) is 12.2 Å². The molecule has 0 unspecified atom stereocenters. The molecule has 3 aromatic carbocycles. The van der Waals surface area contributed by atoms with Gasteiger partial charge in [0.1, 0.15) is 5.75 Å². The number of benzene rings is 3. The van der Waals surface area contributed by atoms with Crippen LogP contribution in [-0.2, 0) is 0 Å². The minimum atomic E-state index is -0.361. The van der Waals surface area contributed by atoms with Gasteiger partial charge in [0.15, 0.2) is 0 Å². The maximum atomic E-state index is 9.53. The fourth-order valence-corrected chi connectivity index (χ4v) is 2.99. The van der Waals surface area contributed by atoms with E-state index in [1.54, 1.807) is 6.92 Å². The van der Waals surface area contributed by atoms with Gasteiger partial charge >= 0.3 is 0 Å². The molecule has 0 amide bonds. The summed E-state index contributed by atoms with van der Waals surface area (Å²) >= 11 is 0. The molecule has 0 bridgehead atoms. The first kappa shape index (κ1) is 15.6. The van der Waals surface area contributed by atoms with Crippen LogP contribution in [0.2, 0.25) is 0 Å². The topological polar surface area (TPSA) is 29.5 Å². The number of hydrogen-bond donors (Lipinski definition) is 1. The standard InChI is InChI=1S/C21H22O2/c1-15(22)14-16(2)23-21-13-12-18(17-8-4-3-5-9-17)19-10-6-7-11-20(19)21/h3-13,15-16,22H,14H2,1-2H3/t15-,16+/m1/s1. The summed E-state index contributed by atoms with van der Waals surface area (Å²) in [4.78, 5) is 0. The molecule has 0 fully saturated rings. The van der Waals surface area contributed by atoms with E-state index < -0.39 is 0 Å². The first-order valence-corrected chi connectivity index (χ1v) is 8.07. The molecule has 0 aliphatic carbocycles. The Morgan fingerprint density at radius 3 is 2.17 bits per heavy atom. The number of ether oxygens (including phenoxy) is 1. The summed E-state index contributed by atoms with van der Waals surface area (Å²) in [5.41, 5.74) is 2.41. The Morgan fingerprint density at radius 2 is 1.48 bits per heavy atom. The lowest BCUT2D eigenvalue weighted by Crippen LogP contribution is -2.18. The predicted octanol–water partition coefficient (Wildman–Crippen LogP) is 5.05. The van der Waals surface area contributed by atoms with Crippen LogP contribution >= 0.6 is 0 Å². The molecular weight excluding hydrogens is 284 g/mol. The molecule has 0 heterocycles. The van der Waals surface area contributed by atoms with Crippen LogP contribution in [0.4, 0.5) is 0 Å². The van der Waals surface area contributed by atoms with Gasteiger partial charge in [-0.15, -0.1) is 0 Å². The molecule has 2 nitrogen and oxygen atoms in total. The second-order valence-corrected chi connectivity index (χ2v) is 6.04. The number of aliphatic hydroxyl groups excluding tert-OH is 1. The third kappa shape index (κ3) is 3.54. The van der Waals surface area contributed by atoms with Crippen molar-refractivity contribution in [2.45, 2.75) is 32.5 Å². The zero-order valence-electron chi connectivity index (χ0n) is 13.6. The molecule has 0 saturated heterocycles. The number of rotatable bonds is 5. The van der Waals surface area contributed by atoms with Crippen molar-refractivity contribution in [1.82, 2.24) is 0 Å². The lowest BCUT2D eigenvalue weighted by atomic mass is 9.98. The monoisotopic (exact) mass is 306 g/mol. The molecule has 0 aliphatic heterocycles. The zero-order chi connectivity index (χ0) is 16.2. The Kier molecular flexibility index (Phi) is 4.63. The highest BCUT2D eigenvalue weighted by atomic mass is 16.5. The molecule has 2 atom stereocenters. The summed E-state index contributed by atoms with van der Waals surface area (Å²) in [6.07, 6.45) is 0.232. The van der Waals surface area contributed by atoms with Gasteiger partial charge in [-0.05, 0) is 36.4 Å². The molecule has 118 valence electrons. The molecule has 2 heteroatoms. The molecule has 23 heavy (non-hydrogen) atoms. The molecular formula is C21H22O2. The second kappa shape index (κ2) is 6.84. The minimum Gasteiger partial charge on any atom is -0.490 e. The van der Waals surface area contributed by atoms with Crippen LogP contribution in [0.15, 0.2) is 66.7 Å². The van der Waals surface area contributed by atoms with Crippen molar-refractivity contribution in [3.63, 3.8) is 0 Å². The van der Waals surface area contributed by atoms with E-state index in [4.69, 9.17) is 4.74 Å². The lowest BCUT2D eigenvalue weighted by Gasteiger charge is -2.18. The molecule has 0 aliphatic rings. The molecule has 3 aromatic rings. The van der Waals surface area contributed by atoms with Crippen molar-refractivity contribution >= 4 is 10.8 Å². The van der Waals surface area contributed by atoms with E-state index in [9.17, 15) is 5.11 Å². The van der Waals surface area contributed by atoms with Crippen molar-refractivity contribution in [1.29, 1.82) is 0 Å². The predicted molar refractivity (Wildman–Crippen MR) is 95.8 cm³/mol. The van der Waals surface area contributed by atoms with Crippen molar-refractivity contribution in [3.05, 3.63) is 66.7 Å². The number of fused-ring (bicyclic) bond motifs is 1. The van der Waals surface area contributed by atoms with Gasteiger partial charge in [0, 0.05) is 11.8 Å². The molecule has 0 spiro atoms. The van der Waals surface area contributed by atoms with Crippen LogP contribution in [0.1, 0.15) is 20.3 Å². The average Bonchev–Trinajstić information content (AvgIpc) is 2.55. The summed E-state index contributed by atoms with van der Waals surface area (Å²) in [6.45, 7) is 3.78. The third-order valence-corrected chi connectivity index (χ3v) is 3.97. The fraction of sp³-hybridized carbons (Fsp3) is 0.238. The first-order valence-electron chi connectivity index (χ1n) is 8.07. The highest BCUT2D eigenvalue weighted by Gasteiger charge is 2.12. The van der Waals surface area contributed by atoms with Crippen LogP contribution in [0.3, 0.4) is 0 Å². The van der Waals surface area contributed by atoms with Crippen LogP contribution in [0.5, 0.6) is 5.75 Å². The third-order valence-electron chi connectivity index (χ3n) is 3.97. The maximum Gasteiger partial charge on any atom is 0.127 e. The molecule has 0 saturated carbocycles. The fourth-order valence-electron chi connectivity index (χ4n) is 2.99. The van der Waals surface area contributed by atoms with Crippen molar-refractivity contribution in [2.24, 2.45) is 0 Å². The van der Waals surface area contributed by atoms with Crippen molar-refractivity contribution in [2.75, 3.05) is 0 Å². The van der Waals surface area contributed by atoms with Crippen LogP contribution in [-0.4, -0.2) is 17.3 Å². The molecule has 3 rings (SSSR count). The molecule has 0 radical (unpaired) electrons. The van der Waals surface area contributed by atoms with Crippen molar-refractivity contribution in [3.8, 4) is 16.9 Å². The summed E-state index contributed by atoms with van der Waals surface area (Å²) in [5.74, 6) is 0.869. The van der Waals surface area contributed by atoms with Gasteiger partial charge in [0.05, 0.1) is 12.2 Å². The summed E-state index contributed by atoms with van der Waals surface area (Å²) < 4.78 is 6.07. The highest BCUT2D eigenvalue weighted by molar-refractivity contribution is 6.00. The maximum absolute atomic E-state index is 9.53. The Hall–Kier alpha value is -2.32. The summed E-state index contributed by atoms with van der Waals surface area (Å²) in [6, 6.07) is 22.8. The number of aliphatic hydroxyl groups is 1. The SMILES string of the molecule is C[C@@H](O)C[C@H](C)Oc1ccc(-c2ccccc2)c2ccccc12. The molecule has 0 aromatic heterocycles. The Balaban J connectivity index is 2.03. The van der Waals surface area contributed by atoms with E-state index in [1.165, 1.54) is 16.5 Å². The minimum absolute atomic E-state index is 0.0269. The number of hydrogen-bond acceptors (Lipinski definition) is 2. The largest absolute Gasteiger partial charge is 0.490 e. The van der Waals surface area contributed by atoms with Gasteiger partial charge in [-0.2, -0.15) is 0 Å². The van der Waals surface area contributed by atoms with E-state index >= 15 is 0 Å². The highest BCUT2D eigenvalue weighted by Crippen LogP contribution is 2.35. The zero-order valence-corrected chi connectivity index (χ0v) is 13.6. The second-order valence-electron chi connectivity index (χ2n) is 6.04. The van der Waals surface area contributed by atoms with Gasteiger partial charge in [0.2, 0.25) is 0 Å². The summed E-state index contributed by atoms with van der Waals surface area (Å²) in [7, 11) is 0. The van der Waals surface area contributed by atoms with Crippen LogP contribution < -0.4 is 4.74 Å². The smallest absolute Gasteiger partial charge is 0.127 e. The lowest BCUT2D eigenvalue weighted by molar-refractivity contribution is 0.116. The Labute approximate surface area is 137 Å². The van der Waals surface area contributed by atoms with Gasteiger partial charge in [-0.1, -0.05) is 60.7 Å². The van der Waals surface area contributed by atoms with Crippen LogP contribution in [0, 0.1) is 0 Å². The first-order chi connectivity index (χ1) is 11.1. The van der Waals surface area contributed by atoms with E-state index in [0.717, 1.165) is 11.1 Å². The molecule has 1 N–H and O–H groups in total. The van der Waals surface area contributed by atoms with Gasteiger partial charge in [-0.25, -0.2) is 0 Å². The summed E-state index contributed by atoms with van der Waals surface area (Å²) in [5, 5.41) is 11.8. The quantitative estimate of drug-likeness (QED) is 0.715. The van der Waals surface area contributed by atoms with Gasteiger partial charge in [-0.3, -0.25) is 0 Å². The van der Waals surface area contributed by atoms with Crippen LogP contribution in [0.25, 0.3) is 21.9 Å². The van der Waals surface area contributed by atoms with Gasteiger partial charge < -0.3 is 9.84 Å². The van der Waals surface area contributed by atoms with E-state index in [1.807, 2.05) is 25.1 Å². The Morgan fingerprint density at radius 1 is 0.826 bits per heavy atom. The normalized spacial score (nSPS) is 13.7. The van der Waals surface area contributed by atoms with Crippen molar-refractivity contribution < 1.29 is 9.84 Å². The average molecular weight is 306 g/mol. The van der Waals surface area contributed by atoms with E-state index in [2.05, 4.69) is 48.5 Å². The van der Waals surface area contributed by atoms with E-state index in [0.29, 0.717) is 6.42 Å².